The Morgan fingerprint density at radius 2 is 1.97 bits per heavy atom. The highest BCUT2D eigenvalue weighted by Gasteiger charge is 2.30. The van der Waals surface area contributed by atoms with Crippen molar-refractivity contribution in [2.45, 2.75) is 76.5 Å². The molecule has 0 radical (unpaired) electrons. The number of hydrogen-bond acceptors (Lipinski definition) is 4. The van der Waals surface area contributed by atoms with Crippen LogP contribution in [0.25, 0.3) is 0 Å². The molecule has 0 spiro atoms. The number of ether oxygens (including phenoxy) is 2. The Labute approximate surface area is 173 Å². The van der Waals surface area contributed by atoms with Gasteiger partial charge in [-0.1, -0.05) is 12.1 Å². The van der Waals surface area contributed by atoms with Gasteiger partial charge in [-0.25, -0.2) is 9.18 Å². The molecule has 3 rings (SSSR count). The van der Waals surface area contributed by atoms with Crippen LogP contribution in [-0.2, 0) is 9.47 Å². The number of nitrogens with one attached hydrogen (secondary N) is 2. The molecule has 1 heterocycles. The average Bonchev–Trinajstić information content (AvgIpc) is 2.66. The maximum absolute atomic E-state index is 13.5. The summed E-state index contributed by atoms with van der Waals surface area (Å²) in [4.78, 5) is 12.2. The van der Waals surface area contributed by atoms with E-state index < -0.39 is 5.60 Å². The molecule has 2 atom stereocenters. The normalized spacial score (nSPS) is 28.0. The standard InChI is InChI=1S/C23H35FN2O3/c1-23(2,3)29-22(27)26-21-11-12-25-14-18(21)15-28-20-9-7-16(8-10-20)17-5-4-6-19(24)13-17/h4-6,13,16,18,20-21,25H,7-12,14-15H2,1-3H3,(H,26,27). The molecular weight excluding hydrogens is 371 g/mol. The van der Waals surface area contributed by atoms with E-state index in [1.165, 1.54) is 6.07 Å². The highest BCUT2D eigenvalue weighted by atomic mass is 19.1. The molecule has 1 aromatic rings. The van der Waals surface area contributed by atoms with E-state index in [0.717, 1.165) is 50.8 Å². The maximum atomic E-state index is 13.5. The van der Waals surface area contributed by atoms with Gasteiger partial charge < -0.3 is 20.1 Å². The molecule has 1 amide bonds. The Bertz CT molecular complexity index is 668. The second-order valence-corrected chi connectivity index (χ2v) is 9.37. The molecule has 1 saturated heterocycles. The van der Waals surface area contributed by atoms with E-state index in [-0.39, 0.29) is 30.0 Å². The Kier molecular flexibility index (Phi) is 7.52. The van der Waals surface area contributed by atoms with E-state index in [1.54, 1.807) is 12.1 Å². The summed E-state index contributed by atoms with van der Waals surface area (Å²) in [7, 11) is 0. The molecule has 2 N–H and O–H groups in total. The van der Waals surface area contributed by atoms with Crippen LogP contribution in [0.5, 0.6) is 0 Å². The lowest BCUT2D eigenvalue weighted by molar-refractivity contribution is -0.00773. The van der Waals surface area contributed by atoms with Crippen LogP contribution >= 0.6 is 0 Å². The maximum Gasteiger partial charge on any atom is 0.407 e. The van der Waals surface area contributed by atoms with E-state index in [4.69, 9.17) is 9.47 Å². The van der Waals surface area contributed by atoms with Gasteiger partial charge in [0, 0.05) is 18.5 Å². The van der Waals surface area contributed by atoms with Crippen molar-refractivity contribution in [2.24, 2.45) is 5.92 Å². The summed E-state index contributed by atoms with van der Waals surface area (Å²) in [6, 6.07) is 7.04. The zero-order valence-electron chi connectivity index (χ0n) is 17.9. The minimum absolute atomic E-state index is 0.0646. The first-order valence-electron chi connectivity index (χ1n) is 10.9. The molecular formula is C23H35FN2O3. The summed E-state index contributed by atoms with van der Waals surface area (Å²) in [6.07, 6.45) is 4.79. The molecule has 1 aliphatic carbocycles. The number of benzene rings is 1. The van der Waals surface area contributed by atoms with E-state index in [0.29, 0.717) is 12.5 Å². The number of carbonyl (C=O) groups is 1. The summed E-state index contributed by atoms with van der Waals surface area (Å²) in [5.41, 5.74) is 0.602. The first kappa shape index (κ1) is 22.0. The minimum atomic E-state index is -0.497. The fraction of sp³-hybridized carbons (Fsp3) is 0.696. The molecule has 2 fully saturated rings. The van der Waals surface area contributed by atoms with Crippen molar-refractivity contribution in [2.75, 3.05) is 19.7 Å². The van der Waals surface area contributed by atoms with Crippen molar-refractivity contribution >= 4 is 6.09 Å². The lowest BCUT2D eigenvalue weighted by Gasteiger charge is -2.35. The Balaban J connectivity index is 1.44. The molecule has 0 aromatic heterocycles. The Morgan fingerprint density at radius 1 is 1.21 bits per heavy atom. The van der Waals surface area contributed by atoms with Crippen LogP contribution in [-0.4, -0.2) is 43.5 Å². The van der Waals surface area contributed by atoms with E-state index in [9.17, 15) is 9.18 Å². The largest absolute Gasteiger partial charge is 0.444 e. The smallest absolute Gasteiger partial charge is 0.407 e. The second-order valence-electron chi connectivity index (χ2n) is 9.37. The number of amides is 1. The Hall–Kier alpha value is -1.66. The fourth-order valence-electron chi connectivity index (χ4n) is 4.33. The van der Waals surface area contributed by atoms with Gasteiger partial charge in [-0.05, 0) is 83.0 Å². The van der Waals surface area contributed by atoms with Crippen molar-refractivity contribution in [1.82, 2.24) is 10.6 Å². The number of hydrogen-bond donors (Lipinski definition) is 2. The third kappa shape index (κ3) is 6.96. The molecule has 162 valence electrons. The zero-order valence-corrected chi connectivity index (χ0v) is 17.9. The highest BCUT2D eigenvalue weighted by molar-refractivity contribution is 5.68. The summed E-state index contributed by atoms with van der Waals surface area (Å²) >= 11 is 0. The molecule has 5 nitrogen and oxygen atoms in total. The van der Waals surface area contributed by atoms with E-state index in [1.807, 2.05) is 26.8 Å². The molecule has 2 aliphatic rings. The van der Waals surface area contributed by atoms with Crippen molar-refractivity contribution in [3.05, 3.63) is 35.6 Å². The van der Waals surface area contributed by atoms with Gasteiger partial charge in [-0.2, -0.15) is 0 Å². The van der Waals surface area contributed by atoms with Crippen molar-refractivity contribution in [3.63, 3.8) is 0 Å². The van der Waals surface area contributed by atoms with Gasteiger partial charge >= 0.3 is 6.09 Å². The minimum Gasteiger partial charge on any atom is -0.444 e. The predicted octanol–water partition coefficient (Wildman–Crippen LogP) is 4.37. The number of piperidine rings is 1. The predicted molar refractivity (Wildman–Crippen MR) is 111 cm³/mol. The van der Waals surface area contributed by atoms with Gasteiger partial charge in [0.25, 0.3) is 0 Å². The lowest BCUT2D eigenvalue weighted by Crippen LogP contribution is -2.52. The summed E-state index contributed by atoms with van der Waals surface area (Å²) in [5.74, 6) is 0.495. The SMILES string of the molecule is CC(C)(C)OC(=O)NC1CCNCC1COC1CCC(c2cccc(F)c2)CC1. The van der Waals surface area contributed by atoms with Crippen LogP contribution in [0.4, 0.5) is 9.18 Å². The first-order chi connectivity index (χ1) is 13.8. The quantitative estimate of drug-likeness (QED) is 0.762. The molecule has 0 bridgehead atoms. The highest BCUT2D eigenvalue weighted by Crippen LogP contribution is 2.34. The van der Waals surface area contributed by atoms with Gasteiger partial charge in [0.2, 0.25) is 0 Å². The fourth-order valence-corrected chi connectivity index (χ4v) is 4.33. The van der Waals surface area contributed by atoms with Gasteiger partial charge in [0.05, 0.1) is 12.7 Å². The first-order valence-corrected chi connectivity index (χ1v) is 10.9. The number of alkyl carbamates (subject to hydrolysis) is 1. The monoisotopic (exact) mass is 406 g/mol. The lowest BCUT2D eigenvalue weighted by atomic mass is 9.82. The zero-order chi connectivity index (χ0) is 20.9. The Morgan fingerprint density at radius 3 is 2.66 bits per heavy atom. The average molecular weight is 407 g/mol. The third-order valence-corrected chi connectivity index (χ3v) is 5.85. The van der Waals surface area contributed by atoms with Crippen molar-refractivity contribution in [1.29, 1.82) is 0 Å². The number of halogens is 1. The number of carbonyl (C=O) groups excluding carboxylic acids is 1. The van der Waals surface area contributed by atoms with Crippen LogP contribution in [0.3, 0.4) is 0 Å². The van der Waals surface area contributed by atoms with Gasteiger partial charge in [0.15, 0.2) is 0 Å². The summed E-state index contributed by atoms with van der Waals surface area (Å²) < 4.78 is 25.1. The van der Waals surface area contributed by atoms with Gasteiger partial charge in [0.1, 0.15) is 11.4 Å². The van der Waals surface area contributed by atoms with Gasteiger partial charge in [-0.3, -0.25) is 0 Å². The van der Waals surface area contributed by atoms with Crippen LogP contribution in [0, 0.1) is 11.7 Å². The molecule has 29 heavy (non-hydrogen) atoms. The third-order valence-electron chi connectivity index (χ3n) is 5.85. The molecule has 1 aromatic carbocycles. The number of rotatable bonds is 5. The van der Waals surface area contributed by atoms with Crippen LogP contribution < -0.4 is 10.6 Å². The van der Waals surface area contributed by atoms with Crippen LogP contribution in [0.1, 0.15) is 64.4 Å². The molecule has 1 aliphatic heterocycles. The summed E-state index contributed by atoms with van der Waals surface area (Å²) in [6.45, 7) is 7.96. The molecule has 2 unspecified atom stereocenters. The van der Waals surface area contributed by atoms with Crippen LogP contribution in [0.2, 0.25) is 0 Å². The topological polar surface area (TPSA) is 59.6 Å². The summed E-state index contributed by atoms with van der Waals surface area (Å²) in [5, 5.41) is 6.43. The molecule has 1 saturated carbocycles. The van der Waals surface area contributed by atoms with Crippen molar-refractivity contribution < 1.29 is 18.7 Å². The van der Waals surface area contributed by atoms with Crippen LogP contribution in [0.15, 0.2) is 24.3 Å². The van der Waals surface area contributed by atoms with E-state index in [2.05, 4.69) is 10.6 Å². The molecule has 6 heteroatoms. The van der Waals surface area contributed by atoms with Crippen molar-refractivity contribution in [3.8, 4) is 0 Å². The van der Waals surface area contributed by atoms with E-state index >= 15 is 0 Å². The van der Waals surface area contributed by atoms with Gasteiger partial charge in [-0.15, -0.1) is 0 Å². The second kappa shape index (κ2) is 9.90.